The molecule has 144 valence electrons. The SMILES string of the molecule is CC(COc1ccc(F)cc1F)NC(=O)N(Cc1ccc(F)cc1)C1CC1. The Morgan fingerprint density at radius 1 is 1.15 bits per heavy atom. The number of halogens is 3. The molecule has 0 heterocycles. The van der Waals surface area contributed by atoms with E-state index in [0.717, 1.165) is 30.5 Å². The Morgan fingerprint density at radius 3 is 2.44 bits per heavy atom. The Balaban J connectivity index is 1.54. The Morgan fingerprint density at radius 2 is 1.81 bits per heavy atom. The van der Waals surface area contributed by atoms with Gasteiger partial charge in [-0.2, -0.15) is 0 Å². The highest BCUT2D eigenvalue weighted by Gasteiger charge is 2.33. The maximum atomic E-state index is 13.6. The maximum absolute atomic E-state index is 13.6. The highest BCUT2D eigenvalue weighted by Crippen LogP contribution is 2.28. The van der Waals surface area contributed by atoms with Gasteiger partial charge in [0.05, 0.1) is 6.04 Å². The molecule has 2 aromatic rings. The second-order valence-electron chi connectivity index (χ2n) is 6.72. The Kier molecular flexibility index (Phi) is 5.88. The number of hydrogen-bond donors (Lipinski definition) is 1. The van der Waals surface area contributed by atoms with Crippen molar-refractivity contribution in [2.75, 3.05) is 6.61 Å². The van der Waals surface area contributed by atoms with Crippen molar-refractivity contribution in [1.29, 1.82) is 0 Å². The topological polar surface area (TPSA) is 41.6 Å². The predicted molar refractivity (Wildman–Crippen MR) is 94.8 cm³/mol. The molecule has 1 unspecified atom stereocenters. The van der Waals surface area contributed by atoms with E-state index < -0.39 is 11.6 Å². The van der Waals surface area contributed by atoms with Gasteiger partial charge in [0.2, 0.25) is 0 Å². The summed E-state index contributed by atoms with van der Waals surface area (Å²) >= 11 is 0. The second kappa shape index (κ2) is 8.33. The van der Waals surface area contributed by atoms with Crippen molar-refractivity contribution >= 4 is 6.03 Å². The summed E-state index contributed by atoms with van der Waals surface area (Å²) in [5.74, 6) is -1.85. The third-order valence-corrected chi connectivity index (χ3v) is 4.27. The minimum atomic E-state index is -0.788. The van der Waals surface area contributed by atoms with Gasteiger partial charge >= 0.3 is 6.03 Å². The number of carbonyl (C=O) groups is 1. The molecule has 2 amide bonds. The van der Waals surface area contributed by atoms with Crippen molar-refractivity contribution in [1.82, 2.24) is 10.2 Å². The molecule has 0 spiro atoms. The van der Waals surface area contributed by atoms with Gasteiger partial charge < -0.3 is 15.0 Å². The highest BCUT2D eigenvalue weighted by atomic mass is 19.1. The first kappa shape index (κ1) is 19.1. The van der Waals surface area contributed by atoms with Crippen LogP contribution in [0.3, 0.4) is 0 Å². The second-order valence-corrected chi connectivity index (χ2v) is 6.72. The lowest BCUT2D eigenvalue weighted by molar-refractivity contribution is 0.181. The van der Waals surface area contributed by atoms with Crippen molar-refractivity contribution in [3.63, 3.8) is 0 Å². The van der Waals surface area contributed by atoms with Crippen LogP contribution in [0.2, 0.25) is 0 Å². The van der Waals surface area contributed by atoms with Gasteiger partial charge in [-0.1, -0.05) is 12.1 Å². The molecular weight excluding hydrogens is 357 g/mol. The molecule has 4 nitrogen and oxygen atoms in total. The van der Waals surface area contributed by atoms with Crippen LogP contribution >= 0.6 is 0 Å². The molecule has 1 fully saturated rings. The van der Waals surface area contributed by atoms with Gasteiger partial charge in [-0.25, -0.2) is 18.0 Å². The number of nitrogens with one attached hydrogen (secondary N) is 1. The molecule has 2 aromatic carbocycles. The van der Waals surface area contributed by atoms with Gasteiger partial charge in [-0.3, -0.25) is 0 Å². The van der Waals surface area contributed by atoms with Gasteiger partial charge in [0.25, 0.3) is 0 Å². The van der Waals surface area contributed by atoms with Gasteiger partial charge in [-0.05, 0) is 49.6 Å². The summed E-state index contributed by atoms with van der Waals surface area (Å²) in [6.45, 7) is 2.17. The predicted octanol–water partition coefficient (Wildman–Crippen LogP) is 4.25. The van der Waals surface area contributed by atoms with Crippen LogP contribution in [0.5, 0.6) is 5.75 Å². The van der Waals surface area contributed by atoms with Crippen LogP contribution in [0.15, 0.2) is 42.5 Å². The van der Waals surface area contributed by atoms with E-state index >= 15 is 0 Å². The third kappa shape index (κ3) is 5.39. The molecule has 3 rings (SSSR count). The van der Waals surface area contributed by atoms with Crippen LogP contribution in [0.1, 0.15) is 25.3 Å². The van der Waals surface area contributed by atoms with E-state index in [1.165, 1.54) is 18.2 Å². The molecule has 7 heteroatoms. The van der Waals surface area contributed by atoms with E-state index in [-0.39, 0.29) is 36.3 Å². The normalized spacial score (nSPS) is 14.5. The number of amides is 2. The summed E-state index contributed by atoms with van der Waals surface area (Å²) in [4.78, 5) is 14.3. The number of urea groups is 1. The molecule has 0 saturated heterocycles. The zero-order valence-electron chi connectivity index (χ0n) is 14.9. The fourth-order valence-corrected chi connectivity index (χ4v) is 2.68. The molecule has 1 saturated carbocycles. The molecule has 27 heavy (non-hydrogen) atoms. The highest BCUT2D eigenvalue weighted by molar-refractivity contribution is 5.75. The van der Waals surface area contributed by atoms with Crippen LogP contribution in [-0.2, 0) is 6.54 Å². The molecule has 0 bridgehead atoms. The first-order chi connectivity index (χ1) is 12.9. The molecule has 0 aliphatic heterocycles. The van der Waals surface area contributed by atoms with E-state index in [1.807, 2.05) is 0 Å². The van der Waals surface area contributed by atoms with Gasteiger partial charge in [0.1, 0.15) is 18.2 Å². The van der Waals surface area contributed by atoms with E-state index in [2.05, 4.69) is 5.32 Å². The molecule has 1 N–H and O–H groups in total. The van der Waals surface area contributed by atoms with E-state index in [1.54, 1.807) is 24.0 Å². The number of nitrogens with zero attached hydrogens (tertiary/aromatic N) is 1. The fraction of sp³-hybridized carbons (Fsp3) is 0.350. The number of benzene rings is 2. The summed E-state index contributed by atoms with van der Waals surface area (Å²) in [7, 11) is 0. The quantitative estimate of drug-likeness (QED) is 0.783. The average molecular weight is 378 g/mol. The van der Waals surface area contributed by atoms with E-state index in [4.69, 9.17) is 4.74 Å². The molecule has 0 aromatic heterocycles. The maximum Gasteiger partial charge on any atom is 0.318 e. The number of carbonyl (C=O) groups excluding carboxylic acids is 1. The Hall–Kier alpha value is -2.70. The summed E-state index contributed by atoms with van der Waals surface area (Å²) in [5, 5.41) is 2.83. The summed E-state index contributed by atoms with van der Waals surface area (Å²) in [5.41, 5.74) is 0.843. The Labute approximate surface area is 155 Å². The molecular formula is C20H21F3N2O2. The summed E-state index contributed by atoms with van der Waals surface area (Å²) in [6.07, 6.45) is 1.86. The first-order valence-electron chi connectivity index (χ1n) is 8.82. The van der Waals surface area contributed by atoms with Gasteiger partial charge in [-0.15, -0.1) is 0 Å². The Bertz CT molecular complexity index is 794. The lowest BCUT2D eigenvalue weighted by Gasteiger charge is -2.25. The zero-order chi connectivity index (χ0) is 19.4. The van der Waals surface area contributed by atoms with Crippen molar-refractivity contribution in [2.24, 2.45) is 0 Å². The number of ether oxygens (including phenoxy) is 1. The number of rotatable bonds is 7. The van der Waals surface area contributed by atoms with Gasteiger partial charge in [0, 0.05) is 18.7 Å². The minimum absolute atomic E-state index is 0.0450. The smallest absolute Gasteiger partial charge is 0.318 e. The summed E-state index contributed by atoms with van der Waals surface area (Å²) in [6, 6.07) is 8.65. The first-order valence-corrected chi connectivity index (χ1v) is 8.82. The molecule has 0 radical (unpaired) electrons. The zero-order valence-corrected chi connectivity index (χ0v) is 14.9. The number of hydrogen-bond acceptors (Lipinski definition) is 2. The standard InChI is InChI=1S/C20H21F3N2O2/c1-13(12-27-19-9-6-16(22)10-18(19)23)24-20(26)25(17-7-8-17)11-14-2-4-15(21)5-3-14/h2-6,9-10,13,17H,7-8,11-12H2,1H3,(H,24,26). The van der Waals surface area contributed by atoms with Crippen molar-refractivity contribution < 1.29 is 22.7 Å². The lowest BCUT2D eigenvalue weighted by Crippen LogP contribution is -2.46. The lowest BCUT2D eigenvalue weighted by atomic mass is 10.2. The third-order valence-electron chi connectivity index (χ3n) is 4.27. The van der Waals surface area contributed by atoms with Crippen LogP contribution in [0.4, 0.5) is 18.0 Å². The largest absolute Gasteiger partial charge is 0.488 e. The van der Waals surface area contributed by atoms with Crippen LogP contribution in [-0.4, -0.2) is 29.6 Å². The average Bonchev–Trinajstić information content (AvgIpc) is 3.45. The van der Waals surface area contributed by atoms with E-state index in [9.17, 15) is 18.0 Å². The van der Waals surface area contributed by atoms with Gasteiger partial charge in [0.15, 0.2) is 11.6 Å². The summed E-state index contributed by atoms with van der Waals surface area (Å²) < 4.78 is 44.9. The minimum Gasteiger partial charge on any atom is -0.488 e. The van der Waals surface area contributed by atoms with Crippen LogP contribution in [0, 0.1) is 17.5 Å². The molecule has 1 aliphatic rings. The van der Waals surface area contributed by atoms with Crippen LogP contribution < -0.4 is 10.1 Å². The van der Waals surface area contributed by atoms with Crippen LogP contribution in [0.25, 0.3) is 0 Å². The van der Waals surface area contributed by atoms with E-state index in [0.29, 0.717) is 6.54 Å². The molecule has 1 atom stereocenters. The fourth-order valence-electron chi connectivity index (χ4n) is 2.68. The monoisotopic (exact) mass is 378 g/mol. The molecule has 1 aliphatic carbocycles. The van der Waals surface area contributed by atoms with Crippen molar-refractivity contribution in [3.05, 3.63) is 65.5 Å². The van der Waals surface area contributed by atoms with Crippen molar-refractivity contribution in [2.45, 2.75) is 38.4 Å². The van der Waals surface area contributed by atoms with Crippen molar-refractivity contribution in [3.8, 4) is 5.75 Å².